The van der Waals surface area contributed by atoms with E-state index in [1.54, 1.807) is 43.3 Å². The van der Waals surface area contributed by atoms with Gasteiger partial charge in [-0.15, -0.1) is 0 Å². The van der Waals surface area contributed by atoms with Gasteiger partial charge in [0.15, 0.2) is 6.10 Å². The van der Waals surface area contributed by atoms with Crippen LogP contribution in [0.25, 0.3) is 22.2 Å². The number of hydrogen-bond donors (Lipinski definition) is 0. The lowest BCUT2D eigenvalue weighted by atomic mass is 10.0. The Labute approximate surface area is 185 Å². The molecule has 1 atom stereocenters. The van der Waals surface area contributed by atoms with Gasteiger partial charge in [0.2, 0.25) is 5.78 Å². The third-order valence-electron chi connectivity index (χ3n) is 5.05. The highest BCUT2D eigenvalue weighted by atomic mass is 35.5. The molecule has 1 aromatic heterocycles. The van der Waals surface area contributed by atoms with Crippen molar-refractivity contribution in [3.05, 3.63) is 101 Å². The molecule has 0 bridgehead atoms. The maximum absolute atomic E-state index is 13.1. The SMILES string of the molecule is Cc1ccc(C(=O)[C@@H](C)OC(=O)c2cc(-c3ccccc3)nc3ccc(Cl)cc23)cc1. The number of esters is 1. The number of carbonyl (C=O) groups excluding carboxylic acids is 2. The quantitative estimate of drug-likeness (QED) is 0.276. The molecule has 3 aromatic carbocycles. The lowest BCUT2D eigenvalue weighted by molar-refractivity contribution is 0.0320. The van der Waals surface area contributed by atoms with Crippen molar-refractivity contribution >= 4 is 34.3 Å². The van der Waals surface area contributed by atoms with Crippen molar-refractivity contribution in [3.63, 3.8) is 0 Å². The fourth-order valence-electron chi connectivity index (χ4n) is 3.35. The van der Waals surface area contributed by atoms with Crippen molar-refractivity contribution in [1.29, 1.82) is 0 Å². The van der Waals surface area contributed by atoms with Crippen molar-refractivity contribution in [2.45, 2.75) is 20.0 Å². The molecule has 0 N–H and O–H groups in total. The third kappa shape index (κ3) is 4.49. The molecule has 154 valence electrons. The lowest BCUT2D eigenvalue weighted by Gasteiger charge is -2.15. The molecule has 4 nitrogen and oxygen atoms in total. The standard InChI is InChI=1S/C26H20ClNO3/c1-16-8-10-19(11-9-16)25(29)17(2)31-26(30)22-15-24(18-6-4-3-5-7-18)28-23-13-12-20(27)14-21(22)23/h3-15,17H,1-2H3/t17-/m1/s1. The van der Waals surface area contributed by atoms with Gasteiger partial charge in [0.05, 0.1) is 16.8 Å². The Hall–Kier alpha value is -3.50. The number of rotatable bonds is 5. The van der Waals surface area contributed by atoms with Crippen LogP contribution in [0.2, 0.25) is 5.02 Å². The van der Waals surface area contributed by atoms with Crippen molar-refractivity contribution in [2.24, 2.45) is 0 Å². The summed E-state index contributed by atoms with van der Waals surface area (Å²) >= 11 is 6.17. The number of pyridine rings is 1. The first-order chi connectivity index (χ1) is 14.9. The average molecular weight is 430 g/mol. The number of ether oxygens (including phenoxy) is 1. The Bertz CT molecular complexity index is 1270. The summed E-state index contributed by atoms with van der Waals surface area (Å²) in [6.45, 7) is 3.52. The van der Waals surface area contributed by atoms with Crippen LogP contribution in [-0.2, 0) is 4.74 Å². The number of Topliss-reactive ketones (excluding diaryl/α,β-unsaturated/α-hetero) is 1. The summed E-state index contributed by atoms with van der Waals surface area (Å²) in [7, 11) is 0. The van der Waals surface area contributed by atoms with Gasteiger partial charge in [0.1, 0.15) is 0 Å². The zero-order chi connectivity index (χ0) is 22.0. The first-order valence-electron chi connectivity index (χ1n) is 9.90. The number of benzene rings is 3. The lowest BCUT2D eigenvalue weighted by Crippen LogP contribution is -2.24. The van der Waals surface area contributed by atoms with Gasteiger partial charge < -0.3 is 4.74 Å². The maximum atomic E-state index is 13.1. The second-order valence-electron chi connectivity index (χ2n) is 7.36. The highest BCUT2D eigenvalue weighted by molar-refractivity contribution is 6.31. The zero-order valence-electron chi connectivity index (χ0n) is 17.1. The minimum atomic E-state index is -0.933. The van der Waals surface area contributed by atoms with E-state index < -0.39 is 12.1 Å². The van der Waals surface area contributed by atoms with Crippen molar-refractivity contribution < 1.29 is 14.3 Å². The summed E-state index contributed by atoms with van der Waals surface area (Å²) in [5, 5.41) is 1.06. The van der Waals surface area contributed by atoms with Gasteiger partial charge in [-0.25, -0.2) is 9.78 Å². The van der Waals surface area contributed by atoms with Gasteiger partial charge in [0, 0.05) is 21.5 Å². The van der Waals surface area contributed by atoms with Crippen molar-refractivity contribution in [1.82, 2.24) is 4.98 Å². The Kier molecular flexibility index (Phi) is 5.83. The summed E-state index contributed by atoms with van der Waals surface area (Å²) in [6, 6.07) is 23.6. The van der Waals surface area contributed by atoms with Gasteiger partial charge in [-0.3, -0.25) is 4.79 Å². The maximum Gasteiger partial charge on any atom is 0.339 e. The number of halogens is 1. The topological polar surface area (TPSA) is 56.3 Å². The van der Waals surface area contributed by atoms with Crippen LogP contribution in [0.4, 0.5) is 0 Å². The molecule has 0 saturated heterocycles. The van der Waals surface area contributed by atoms with Crippen LogP contribution in [0.1, 0.15) is 33.2 Å². The third-order valence-corrected chi connectivity index (χ3v) is 5.28. The molecule has 0 spiro atoms. The molecule has 0 saturated carbocycles. The van der Waals surface area contributed by atoms with Gasteiger partial charge in [0.25, 0.3) is 0 Å². The molecule has 31 heavy (non-hydrogen) atoms. The monoisotopic (exact) mass is 429 g/mol. The predicted octanol–water partition coefficient (Wildman–Crippen LogP) is 6.29. The number of aryl methyl sites for hydroxylation is 1. The van der Waals surface area contributed by atoms with E-state index in [4.69, 9.17) is 16.3 Å². The van der Waals surface area contributed by atoms with E-state index in [0.29, 0.717) is 32.7 Å². The number of ketones is 1. The fourth-order valence-corrected chi connectivity index (χ4v) is 3.53. The van der Waals surface area contributed by atoms with E-state index in [-0.39, 0.29) is 5.78 Å². The average Bonchev–Trinajstić information content (AvgIpc) is 2.79. The van der Waals surface area contributed by atoms with Crippen LogP contribution in [0, 0.1) is 6.92 Å². The van der Waals surface area contributed by atoms with Crippen LogP contribution in [-0.4, -0.2) is 22.8 Å². The van der Waals surface area contributed by atoms with Crippen molar-refractivity contribution in [3.8, 4) is 11.3 Å². The van der Waals surface area contributed by atoms with E-state index in [1.807, 2.05) is 49.4 Å². The molecule has 5 heteroatoms. The number of aromatic nitrogens is 1. The molecule has 1 heterocycles. The molecule has 0 aliphatic heterocycles. The summed E-state index contributed by atoms with van der Waals surface area (Å²) < 4.78 is 5.56. The molecular formula is C26H20ClNO3. The van der Waals surface area contributed by atoms with Crippen LogP contribution < -0.4 is 0 Å². The Morgan fingerprint density at radius 2 is 1.65 bits per heavy atom. The van der Waals surface area contributed by atoms with Gasteiger partial charge in [-0.2, -0.15) is 0 Å². The van der Waals surface area contributed by atoms with Crippen LogP contribution in [0.15, 0.2) is 78.9 Å². The van der Waals surface area contributed by atoms with E-state index in [2.05, 4.69) is 4.98 Å². The summed E-state index contributed by atoms with van der Waals surface area (Å²) in [6.07, 6.45) is -0.933. The molecule has 0 radical (unpaired) electrons. The molecule has 0 aliphatic carbocycles. The summed E-state index contributed by atoms with van der Waals surface area (Å²) in [5.74, 6) is -0.854. The summed E-state index contributed by atoms with van der Waals surface area (Å²) in [4.78, 5) is 30.5. The Morgan fingerprint density at radius 3 is 2.35 bits per heavy atom. The largest absolute Gasteiger partial charge is 0.451 e. The van der Waals surface area contributed by atoms with Gasteiger partial charge in [-0.1, -0.05) is 71.8 Å². The highest BCUT2D eigenvalue weighted by Gasteiger charge is 2.23. The molecule has 4 aromatic rings. The first-order valence-corrected chi connectivity index (χ1v) is 10.3. The molecule has 0 aliphatic rings. The minimum Gasteiger partial charge on any atom is -0.451 e. The zero-order valence-corrected chi connectivity index (χ0v) is 17.9. The second kappa shape index (κ2) is 8.70. The summed E-state index contributed by atoms with van der Waals surface area (Å²) in [5.41, 5.74) is 4.00. The molecule has 4 rings (SSSR count). The predicted molar refractivity (Wildman–Crippen MR) is 123 cm³/mol. The van der Waals surface area contributed by atoms with Crippen LogP contribution in [0.3, 0.4) is 0 Å². The number of hydrogen-bond acceptors (Lipinski definition) is 4. The van der Waals surface area contributed by atoms with Crippen LogP contribution >= 0.6 is 11.6 Å². The van der Waals surface area contributed by atoms with E-state index >= 15 is 0 Å². The number of carbonyl (C=O) groups is 2. The fraction of sp³-hybridized carbons (Fsp3) is 0.115. The molecular weight excluding hydrogens is 410 g/mol. The van der Waals surface area contributed by atoms with E-state index in [0.717, 1.165) is 11.1 Å². The van der Waals surface area contributed by atoms with Crippen molar-refractivity contribution in [2.75, 3.05) is 0 Å². The minimum absolute atomic E-state index is 0.256. The molecule has 0 amide bonds. The first kappa shape index (κ1) is 20.8. The molecule has 0 fully saturated rings. The van der Waals surface area contributed by atoms with E-state index in [1.165, 1.54) is 0 Å². The van der Waals surface area contributed by atoms with Crippen LogP contribution in [0.5, 0.6) is 0 Å². The Morgan fingerprint density at radius 1 is 0.935 bits per heavy atom. The highest BCUT2D eigenvalue weighted by Crippen LogP contribution is 2.28. The van der Waals surface area contributed by atoms with E-state index in [9.17, 15) is 9.59 Å². The molecule has 0 unspecified atom stereocenters. The second-order valence-corrected chi connectivity index (χ2v) is 7.80. The number of nitrogens with zero attached hydrogens (tertiary/aromatic N) is 1. The smallest absolute Gasteiger partial charge is 0.339 e. The Balaban J connectivity index is 1.70. The van der Waals surface area contributed by atoms with Gasteiger partial charge >= 0.3 is 5.97 Å². The number of fused-ring (bicyclic) bond motifs is 1. The van der Waals surface area contributed by atoms with Gasteiger partial charge in [-0.05, 0) is 38.1 Å². The normalized spacial score (nSPS) is 11.8.